The van der Waals surface area contributed by atoms with Crippen LogP contribution in [-0.4, -0.2) is 19.8 Å². The van der Waals surface area contributed by atoms with Gasteiger partial charge in [0.1, 0.15) is 11.5 Å². The van der Waals surface area contributed by atoms with E-state index in [-0.39, 0.29) is 0 Å². The highest BCUT2D eigenvalue weighted by Gasteiger charge is 2.16. The van der Waals surface area contributed by atoms with Crippen LogP contribution < -0.4 is 14.8 Å². The quantitative estimate of drug-likeness (QED) is 0.819. The van der Waals surface area contributed by atoms with Crippen molar-refractivity contribution in [3.05, 3.63) is 23.8 Å². The highest BCUT2D eigenvalue weighted by atomic mass is 16.5. The van der Waals surface area contributed by atoms with Gasteiger partial charge in [-0.3, -0.25) is 0 Å². The van der Waals surface area contributed by atoms with Gasteiger partial charge in [-0.25, -0.2) is 0 Å². The molecule has 0 bridgehead atoms. The van der Waals surface area contributed by atoms with Crippen LogP contribution in [0.15, 0.2) is 18.2 Å². The molecule has 1 N–H and O–H groups in total. The van der Waals surface area contributed by atoms with E-state index in [4.69, 9.17) is 9.47 Å². The molecule has 0 amide bonds. The Morgan fingerprint density at radius 3 is 2.70 bits per heavy atom. The predicted molar refractivity (Wildman–Crippen MR) is 82.5 cm³/mol. The number of benzene rings is 1. The van der Waals surface area contributed by atoms with E-state index in [0.29, 0.717) is 6.10 Å². The molecule has 1 fully saturated rings. The SMILES string of the molecule is CCCOc1ccc(CNC)c(OC2CCCCC2)c1. The minimum absolute atomic E-state index is 0.376. The van der Waals surface area contributed by atoms with Crippen LogP contribution in [-0.2, 0) is 6.54 Å². The normalized spacial score (nSPS) is 16.1. The minimum Gasteiger partial charge on any atom is -0.493 e. The van der Waals surface area contributed by atoms with Crippen molar-refractivity contribution in [2.24, 2.45) is 0 Å². The van der Waals surface area contributed by atoms with Crippen molar-refractivity contribution >= 4 is 0 Å². The Morgan fingerprint density at radius 2 is 2.00 bits per heavy atom. The molecule has 0 unspecified atom stereocenters. The minimum atomic E-state index is 0.376. The van der Waals surface area contributed by atoms with Crippen LogP contribution in [0.3, 0.4) is 0 Å². The van der Waals surface area contributed by atoms with Gasteiger partial charge in [-0.2, -0.15) is 0 Å². The number of ether oxygens (including phenoxy) is 2. The predicted octanol–water partition coefficient (Wildman–Crippen LogP) is 3.91. The second kappa shape index (κ2) is 8.15. The van der Waals surface area contributed by atoms with Crippen molar-refractivity contribution in [2.45, 2.75) is 58.1 Å². The largest absolute Gasteiger partial charge is 0.493 e. The fraction of sp³-hybridized carbons (Fsp3) is 0.647. The lowest BCUT2D eigenvalue weighted by atomic mass is 9.97. The van der Waals surface area contributed by atoms with E-state index >= 15 is 0 Å². The van der Waals surface area contributed by atoms with Crippen molar-refractivity contribution in [1.82, 2.24) is 5.32 Å². The summed E-state index contributed by atoms with van der Waals surface area (Å²) >= 11 is 0. The van der Waals surface area contributed by atoms with E-state index in [1.807, 2.05) is 13.1 Å². The first-order valence-corrected chi connectivity index (χ1v) is 7.90. The molecule has 112 valence electrons. The molecule has 1 saturated carbocycles. The smallest absolute Gasteiger partial charge is 0.127 e. The summed E-state index contributed by atoms with van der Waals surface area (Å²) in [7, 11) is 1.96. The third-order valence-electron chi connectivity index (χ3n) is 3.72. The van der Waals surface area contributed by atoms with Crippen LogP contribution in [0.5, 0.6) is 11.5 Å². The maximum atomic E-state index is 6.24. The molecule has 0 aliphatic heterocycles. The van der Waals surface area contributed by atoms with E-state index in [2.05, 4.69) is 24.4 Å². The Bertz CT molecular complexity index is 400. The van der Waals surface area contributed by atoms with E-state index < -0.39 is 0 Å². The maximum Gasteiger partial charge on any atom is 0.127 e. The molecule has 0 radical (unpaired) electrons. The summed E-state index contributed by atoms with van der Waals surface area (Å²) in [6.45, 7) is 3.71. The molecule has 0 atom stereocenters. The molecule has 0 saturated heterocycles. The molecule has 1 aromatic carbocycles. The molecule has 1 aliphatic carbocycles. The highest BCUT2D eigenvalue weighted by Crippen LogP contribution is 2.29. The summed E-state index contributed by atoms with van der Waals surface area (Å²) in [6, 6.07) is 6.20. The van der Waals surface area contributed by atoms with Crippen molar-refractivity contribution in [3.63, 3.8) is 0 Å². The van der Waals surface area contributed by atoms with Gasteiger partial charge < -0.3 is 14.8 Å². The molecule has 0 spiro atoms. The second-order valence-electron chi connectivity index (χ2n) is 5.53. The maximum absolute atomic E-state index is 6.24. The van der Waals surface area contributed by atoms with Crippen LogP contribution in [0, 0.1) is 0 Å². The summed E-state index contributed by atoms with van der Waals surface area (Å²) in [5.41, 5.74) is 1.21. The van der Waals surface area contributed by atoms with Gasteiger partial charge in [-0.15, -0.1) is 0 Å². The Hall–Kier alpha value is -1.22. The van der Waals surface area contributed by atoms with Gasteiger partial charge in [0.25, 0.3) is 0 Å². The molecule has 3 nitrogen and oxygen atoms in total. The van der Waals surface area contributed by atoms with Crippen molar-refractivity contribution in [1.29, 1.82) is 0 Å². The molecule has 3 heteroatoms. The lowest BCUT2D eigenvalue weighted by molar-refractivity contribution is 0.152. The summed E-state index contributed by atoms with van der Waals surface area (Å²) in [5.74, 6) is 1.90. The van der Waals surface area contributed by atoms with Crippen molar-refractivity contribution < 1.29 is 9.47 Å². The Balaban J connectivity index is 2.08. The summed E-state index contributed by atoms with van der Waals surface area (Å²) < 4.78 is 12.0. The average Bonchev–Trinajstić information content (AvgIpc) is 2.49. The fourth-order valence-electron chi connectivity index (χ4n) is 2.65. The van der Waals surface area contributed by atoms with Gasteiger partial charge in [-0.05, 0) is 45.2 Å². The first-order valence-electron chi connectivity index (χ1n) is 7.90. The molecular weight excluding hydrogens is 250 g/mol. The van der Waals surface area contributed by atoms with Crippen molar-refractivity contribution in [2.75, 3.05) is 13.7 Å². The summed E-state index contributed by atoms with van der Waals surface area (Å²) in [5, 5.41) is 3.20. The van der Waals surface area contributed by atoms with Gasteiger partial charge in [0.05, 0.1) is 12.7 Å². The second-order valence-corrected chi connectivity index (χ2v) is 5.53. The number of hydrogen-bond acceptors (Lipinski definition) is 3. The molecule has 0 aromatic heterocycles. The molecule has 1 aromatic rings. The standard InChI is InChI=1S/C17H27NO2/c1-3-11-19-16-10-9-14(13-18-2)17(12-16)20-15-7-5-4-6-8-15/h9-10,12,15,18H,3-8,11,13H2,1-2H3. The van der Waals surface area contributed by atoms with E-state index in [0.717, 1.165) is 31.1 Å². The third kappa shape index (κ3) is 4.41. The number of rotatable bonds is 7. The summed E-state index contributed by atoms with van der Waals surface area (Å²) in [4.78, 5) is 0. The van der Waals surface area contributed by atoms with Gasteiger partial charge in [0.2, 0.25) is 0 Å². The Morgan fingerprint density at radius 1 is 1.20 bits per heavy atom. The first kappa shape index (κ1) is 15.2. The zero-order valence-corrected chi connectivity index (χ0v) is 12.8. The van der Waals surface area contributed by atoms with E-state index in [1.165, 1.54) is 37.7 Å². The Labute approximate surface area is 122 Å². The molecule has 1 aliphatic rings. The number of nitrogens with one attached hydrogen (secondary N) is 1. The fourth-order valence-corrected chi connectivity index (χ4v) is 2.65. The molecule has 2 rings (SSSR count). The molecule has 0 heterocycles. The zero-order chi connectivity index (χ0) is 14.2. The van der Waals surface area contributed by atoms with Crippen LogP contribution in [0.25, 0.3) is 0 Å². The first-order chi connectivity index (χ1) is 9.83. The lowest BCUT2D eigenvalue weighted by Gasteiger charge is -2.24. The van der Waals surface area contributed by atoms with Gasteiger partial charge in [0.15, 0.2) is 0 Å². The van der Waals surface area contributed by atoms with E-state index in [1.54, 1.807) is 0 Å². The van der Waals surface area contributed by atoms with Gasteiger partial charge in [-0.1, -0.05) is 19.4 Å². The van der Waals surface area contributed by atoms with Crippen LogP contribution in [0.2, 0.25) is 0 Å². The summed E-state index contributed by atoms with van der Waals surface area (Å²) in [6.07, 6.45) is 7.69. The van der Waals surface area contributed by atoms with E-state index in [9.17, 15) is 0 Å². The van der Waals surface area contributed by atoms with Crippen LogP contribution in [0.4, 0.5) is 0 Å². The van der Waals surface area contributed by atoms with Crippen LogP contribution >= 0.6 is 0 Å². The lowest BCUT2D eigenvalue weighted by Crippen LogP contribution is -2.21. The zero-order valence-electron chi connectivity index (χ0n) is 12.8. The number of hydrogen-bond donors (Lipinski definition) is 1. The third-order valence-corrected chi connectivity index (χ3v) is 3.72. The Kier molecular flexibility index (Phi) is 6.19. The molecule has 20 heavy (non-hydrogen) atoms. The van der Waals surface area contributed by atoms with Gasteiger partial charge in [0, 0.05) is 18.2 Å². The monoisotopic (exact) mass is 277 g/mol. The average molecular weight is 277 g/mol. The van der Waals surface area contributed by atoms with Crippen molar-refractivity contribution in [3.8, 4) is 11.5 Å². The highest BCUT2D eigenvalue weighted by molar-refractivity contribution is 5.41. The topological polar surface area (TPSA) is 30.5 Å². The van der Waals surface area contributed by atoms with Crippen LogP contribution in [0.1, 0.15) is 51.0 Å². The van der Waals surface area contributed by atoms with Gasteiger partial charge >= 0.3 is 0 Å². The molecular formula is C17H27NO2.